The van der Waals surface area contributed by atoms with Crippen molar-refractivity contribution in [3.8, 4) is 11.4 Å². The maximum Gasteiger partial charge on any atom is 0.230 e. The topological polar surface area (TPSA) is 59.8 Å². The van der Waals surface area contributed by atoms with E-state index in [0.29, 0.717) is 27.8 Å². The van der Waals surface area contributed by atoms with Gasteiger partial charge < -0.3 is 5.32 Å². The van der Waals surface area contributed by atoms with Crippen molar-refractivity contribution in [2.45, 2.75) is 70.1 Å². The third-order valence-corrected chi connectivity index (χ3v) is 6.99. The molecule has 1 N–H and O–H groups in total. The second kappa shape index (κ2) is 10.2. The molecule has 1 aliphatic carbocycles. The number of amides is 1. The van der Waals surface area contributed by atoms with Crippen molar-refractivity contribution >= 4 is 40.9 Å². The average molecular weight is 455 g/mol. The molecule has 158 valence electrons. The predicted molar refractivity (Wildman–Crippen MR) is 121 cm³/mol. The molecule has 1 aliphatic rings. The lowest BCUT2D eigenvalue weighted by molar-refractivity contribution is -0.119. The van der Waals surface area contributed by atoms with Gasteiger partial charge in [0.25, 0.3) is 0 Å². The van der Waals surface area contributed by atoms with Crippen LogP contribution in [0.2, 0.25) is 10.0 Å². The first-order valence-corrected chi connectivity index (χ1v) is 11.9. The second-order valence-corrected chi connectivity index (χ2v) is 9.77. The molecule has 1 aromatic carbocycles. The van der Waals surface area contributed by atoms with E-state index in [1.165, 1.54) is 31.0 Å². The van der Waals surface area contributed by atoms with Gasteiger partial charge >= 0.3 is 0 Å². The Kier molecular flexibility index (Phi) is 7.88. The third-order valence-electron chi connectivity index (χ3n) is 5.50. The Balaban J connectivity index is 1.85. The lowest BCUT2D eigenvalue weighted by Gasteiger charge is -2.26. The van der Waals surface area contributed by atoms with E-state index >= 15 is 0 Å². The average Bonchev–Trinajstić information content (AvgIpc) is 3.10. The van der Waals surface area contributed by atoms with Gasteiger partial charge in [0.2, 0.25) is 5.91 Å². The zero-order valence-corrected chi connectivity index (χ0v) is 19.4. The van der Waals surface area contributed by atoms with Gasteiger partial charge in [-0.25, -0.2) is 0 Å². The molecule has 0 radical (unpaired) electrons. The zero-order chi connectivity index (χ0) is 21.0. The summed E-state index contributed by atoms with van der Waals surface area (Å²) in [5.74, 6) is 1.47. The zero-order valence-electron chi connectivity index (χ0n) is 17.1. The highest BCUT2D eigenvalue weighted by Crippen LogP contribution is 2.38. The van der Waals surface area contributed by atoms with Crippen molar-refractivity contribution in [1.29, 1.82) is 0 Å². The molecule has 2 aromatic rings. The largest absolute Gasteiger partial charge is 0.353 e. The number of hydrogen-bond donors (Lipinski definition) is 1. The van der Waals surface area contributed by atoms with Crippen LogP contribution in [0.25, 0.3) is 11.4 Å². The van der Waals surface area contributed by atoms with Crippen LogP contribution < -0.4 is 5.32 Å². The Hall–Kier alpha value is -1.24. The van der Waals surface area contributed by atoms with Crippen molar-refractivity contribution in [2.24, 2.45) is 5.92 Å². The summed E-state index contributed by atoms with van der Waals surface area (Å²) in [5.41, 5.74) is 0.818. The Morgan fingerprint density at radius 2 is 1.93 bits per heavy atom. The van der Waals surface area contributed by atoms with Crippen LogP contribution >= 0.6 is 35.0 Å². The van der Waals surface area contributed by atoms with Crippen LogP contribution in [0, 0.1) is 5.92 Å². The van der Waals surface area contributed by atoms with Gasteiger partial charge in [-0.3, -0.25) is 9.36 Å². The Labute approximate surface area is 186 Å². The molecule has 1 unspecified atom stereocenters. The van der Waals surface area contributed by atoms with Gasteiger partial charge in [0.05, 0.1) is 10.8 Å². The van der Waals surface area contributed by atoms with Gasteiger partial charge in [-0.2, -0.15) is 0 Å². The van der Waals surface area contributed by atoms with Crippen molar-refractivity contribution in [3.63, 3.8) is 0 Å². The number of halogens is 2. The van der Waals surface area contributed by atoms with Crippen LogP contribution in [0.1, 0.15) is 58.9 Å². The van der Waals surface area contributed by atoms with Crippen LogP contribution in [0.4, 0.5) is 0 Å². The molecule has 3 rings (SSSR count). The molecule has 1 atom stereocenters. The lowest BCUT2D eigenvalue weighted by Crippen LogP contribution is -2.37. The van der Waals surface area contributed by atoms with E-state index in [-0.39, 0.29) is 11.9 Å². The highest BCUT2D eigenvalue weighted by atomic mass is 35.5. The van der Waals surface area contributed by atoms with E-state index in [1.807, 2.05) is 19.1 Å². The molecule has 1 fully saturated rings. The van der Waals surface area contributed by atoms with E-state index in [2.05, 4.69) is 33.9 Å². The molecule has 1 aromatic heterocycles. The molecule has 0 bridgehead atoms. The number of thioether (sulfide) groups is 1. The predicted octanol–water partition coefficient (Wildman–Crippen LogP) is 6.01. The Bertz CT molecular complexity index is 849. The third kappa shape index (κ3) is 5.68. The summed E-state index contributed by atoms with van der Waals surface area (Å²) in [4.78, 5) is 12.4. The summed E-state index contributed by atoms with van der Waals surface area (Å²) in [7, 11) is 0. The van der Waals surface area contributed by atoms with Gasteiger partial charge in [-0.15, -0.1) is 10.2 Å². The summed E-state index contributed by atoms with van der Waals surface area (Å²) in [5, 5.41) is 13.8. The fourth-order valence-corrected chi connectivity index (χ4v) is 4.80. The number of hydrogen-bond acceptors (Lipinski definition) is 4. The summed E-state index contributed by atoms with van der Waals surface area (Å²) >= 11 is 14.0. The van der Waals surface area contributed by atoms with Crippen molar-refractivity contribution in [1.82, 2.24) is 20.1 Å². The SMILES string of the molecule is CC(C)C(C)NC(=O)CSc1nnc(-c2ccc(Cl)cc2Cl)n1C1CCCCC1. The Morgan fingerprint density at radius 1 is 1.21 bits per heavy atom. The van der Waals surface area contributed by atoms with Crippen molar-refractivity contribution in [2.75, 3.05) is 5.75 Å². The maximum absolute atomic E-state index is 12.4. The normalized spacial score (nSPS) is 16.2. The van der Waals surface area contributed by atoms with Crippen LogP contribution in [-0.4, -0.2) is 32.5 Å². The van der Waals surface area contributed by atoms with Crippen molar-refractivity contribution in [3.05, 3.63) is 28.2 Å². The minimum Gasteiger partial charge on any atom is -0.353 e. The van der Waals surface area contributed by atoms with Crippen LogP contribution in [0.3, 0.4) is 0 Å². The Morgan fingerprint density at radius 3 is 2.59 bits per heavy atom. The first-order valence-electron chi connectivity index (χ1n) is 10.2. The molecule has 5 nitrogen and oxygen atoms in total. The van der Waals surface area contributed by atoms with E-state index in [0.717, 1.165) is 29.4 Å². The number of aromatic nitrogens is 3. The highest BCUT2D eigenvalue weighted by Gasteiger charge is 2.25. The molecule has 0 aliphatic heterocycles. The quantitative estimate of drug-likeness (QED) is 0.520. The number of nitrogens with zero attached hydrogens (tertiary/aromatic N) is 3. The molecule has 0 spiro atoms. The van der Waals surface area contributed by atoms with Crippen LogP contribution in [0.5, 0.6) is 0 Å². The number of carbonyl (C=O) groups excluding carboxylic acids is 1. The standard InChI is InChI=1S/C21H28Cl2N4OS/c1-13(2)14(3)24-19(28)12-29-21-26-25-20(17-10-9-15(22)11-18(17)23)27(21)16-7-5-4-6-8-16/h9-11,13-14,16H,4-8,12H2,1-3H3,(H,24,28). The molecule has 29 heavy (non-hydrogen) atoms. The van der Waals surface area contributed by atoms with Crippen LogP contribution in [-0.2, 0) is 4.79 Å². The number of benzene rings is 1. The number of rotatable bonds is 7. The monoisotopic (exact) mass is 454 g/mol. The summed E-state index contributed by atoms with van der Waals surface area (Å²) in [6, 6.07) is 5.89. The minimum absolute atomic E-state index is 0.0143. The van der Waals surface area contributed by atoms with Crippen molar-refractivity contribution < 1.29 is 4.79 Å². The first kappa shape index (κ1) is 22.4. The van der Waals surface area contributed by atoms with Gasteiger partial charge in [-0.05, 0) is 43.9 Å². The van der Waals surface area contributed by atoms with Gasteiger partial charge in [-0.1, -0.05) is 68.1 Å². The van der Waals surface area contributed by atoms with Gasteiger partial charge in [0.1, 0.15) is 0 Å². The summed E-state index contributed by atoms with van der Waals surface area (Å²) in [6.07, 6.45) is 5.80. The number of nitrogens with one attached hydrogen (secondary N) is 1. The molecule has 1 heterocycles. The minimum atomic E-state index is 0.0143. The fourth-order valence-electron chi connectivity index (χ4n) is 3.49. The molecule has 1 saturated carbocycles. The summed E-state index contributed by atoms with van der Waals surface area (Å²) in [6.45, 7) is 6.22. The van der Waals surface area contributed by atoms with Gasteiger partial charge in [0, 0.05) is 22.7 Å². The maximum atomic E-state index is 12.4. The van der Waals surface area contributed by atoms with E-state index in [1.54, 1.807) is 6.07 Å². The number of carbonyl (C=O) groups is 1. The first-order chi connectivity index (χ1) is 13.9. The molecule has 8 heteroatoms. The molecule has 1 amide bonds. The highest BCUT2D eigenvalue weighted by molar-refractivity contribution is 7.99. The van der Waals surface area contributed by atoms with Gasteiger partial charge in [0.15, 0.2) is 11.0 Å². The molecular formula is C21H28Cl2N4OS. The molecular weight excluding hydrogens is 427 g/mol. The molecule has 0 saturated heterocycles. The summed E-state index contributed by atoms with van der Waals surface area (Å²) < 4.78 is 2.18. The smallest absolute Gasteiger partial charge is 0.230 e. The second-order valence-electron chi connectivity index (χ2n) is 7.98. The fraction of sp³-hybridized carbons (Fsp3) is 0.571. The van der Waals surface area contributed by atoms with E-state index in [9.17, 15) is 4.79 Å². The lowest BCUT2D eigenvalue weighted by atomic mass is 9.95. The van der Waals surface area contributed by atoms with E-state index < -0.39 is 0 Å². The van der Waals surface area contributed by atoms with E-state index in [4.69, 9.17) is 23.2 Å². The van der Waals surface area contributed by atoms with Crippen LogP contribution in [0.15, 0.2) is 23.4 Å².